The van der Waals surface area contributed by atoms with E-state index in [1.807, 2.05) is 36.1 Å². The largest absolute Gasteiger partial charge is 0.485 e. The Bertz CT molecular complexity index is 3010. The fourth-order valence-corrected chi connectivity index (χ4v) is 12.0. The van der Waals surface area contributed by atoms with Gasteiger partial charge in [-0.05, 0) is 86.1 Å². The summed E-state index contributed by atoms with van der Waals surface area (Å²) in [6.45, 7) is 11.5. The van der Waals surface area contributed by atoms with Crippen LogP contribution in [0.1, 0.15) is 84.6 Å². The van der Waals surface area contributed by atoms with Gasteiger partial charge in [0.15, 0.2) is 11.5 Å². The maximum atomic E-state index is 15.5. The summed E-state index contributed by atoms with van der Waals surface area (Å²) in [6.07, 6.45) is 9.40. The van der Waals surface area contributed by atoms with Crippen LogP contribution in [0.5, 0.6) is 5.75 Å². The molecule has 3 atom stereocenters. The van der Waals surface area contributed by atoms with Crippen molar-refractivity contribution in [2.24, 2.45) is 0 Å². The van der Waals surface area contributed by atoms with E-state index in [-0.39, 0.29) is 54.5 Å². The molecule has 1 spiro atoms. The molecule has 5 aromatic rings. The number of aliphatic hydroxyl groups is 1. The number of hydrogen-bond acceptors (Lipinski definition) is 13. The molecule has 12 rings (SSSR count). The molecule has 9 heterocycles. The Balaban J connectivity index is 0.667. The third kappa shape index (κ3) is 7.00. The van der Waals surface area contributed by atoms with Gasteiger partial charge in [-0.15, -0.1) is 6.58 Å². The molecule has 4 saturated heterocycles. The summed E-state index contributed by atoms with van der Waals surface area (Å²) in [5.41, 5.74) is 3.93. The number of benzene rings is 2. The van der Waals surface area contributed by atoms with Crippen LogP contribution in [0, 0.1) is 5.82 Å². The number of likely N-dealkylation sites (tertiary alicyclic amines) is 2. The van der Waals surface area contributed by atoms with Gasteiger partial charge in [0, 0.05) is 100 Å². The van der Waals surface area contributed by atoms with Gasteiger partial charge in [0.25, 0.3) is 11.5 Å². The molecule has 7 aliphatic rings. The molecule has 0 saturated carbocycles. The fraction of sp³-hybridized carbons (Fsp3) is 0.460. The predicted octanol–water partition coefficient (Wildman–Crippen LogP) is 4.08. The number of carbonyl (C=O) groups excluding carboxylic acids is 3. The molecular weight excluding hydrogens is 870 g/mol. The van der Waals surface area contributed by atoms with Crippen molar-refractivity contribution >= 4 is 46.1 Å². The summed E-state index contributed by atoms with van der Waals surface area (Å²) in [7, 11) is 0. The van der Waals surface area contributed by atoms with Gasteiger partial charge >= 0.3 is 0 Å². The van der Waals surface area contributed by atoms with Crippen molar-refractivity contribution in [2.45, 2.75) is 107 Å². The third-order valence-electron chi connectivity index (χ3n) is 15.8. The lowest BCUT2D eigenvalue weighted by Gasteiger charge is -2.49. The number of halogens is 1. The summed E-state index contributed by atoms with van der Waals surface area (Å²) < 4.78 is 25.5. The number of ether oxygens (including phenoxy) is 1. The van der Waals surface area contributed by atoms with Crippen LogP contribution in [0.4, 0.5) is 21.7 Å². The fourth-order valence-electron chi connectivity index (χ4n) is 12.0. The van der Waals surface area contributed by atoms with E-state index in [9.17, 15) is 24.3 Å². The molecular formula is C50H54FN11O6. The quantitative estimate of drug-likeness (QED) is 0.135. The van der Waals surface area contributed by atoms with Crippen LogP contribution in [0.3, 0.4) is 0 Å². The minimum Gasteiger partial charge on any atom is -0.485 e. The first-order valence-corrected chi connectivity index (χ1v) is 24.0. The van der Waals surface area contributed by atoms with Crippen molar-refractivity contribution < 1.29 is 28.6 Å². The number of pyridine rings is 1. The number of rotatable bonds is 10. The molecule has 6 aliphatic heterocycles. The maximum Gasteiger partial charge on any atom is 0.278 e. The van der Waals surface area contributed by atoms with Crippen LogP contribution >= 0.6 is 0 Å². The van der Waals surface area contributed by atoms with Gasteiger partial charge in [-0.1, -0.05) is 19.1 Å². The second-order valence-electron chi connectivity index (χ2n) is 19.8. The summed E-state index contributed by atoms with van der Waals surface area (Å²) in [5.74, 6) is 0.101. The number of allylic oxidation sites excluding steroid dienone is 1. The van der Waals surface area contributed by atoms with E-state index in [4.69, 9.17) is 14.7 Å². The van der Waals surface area contributed by atoms with Crippen molar-refractivity contribution in [2.75, 3.05) is 49.5 Å². The lowest BCUT2D eigenvalue weighted by Crippen LogP contribution is -2.62. The third-order valence-corrected chi connectivity index (χ3v) is 15.8. The summed E-state index contributed by atoms with van der Waals surface area (Å²) in [6, 6.07) is 13.1. The number of aromatic nitrogens is 5. The van der Waals surface area contributed by atoms with Crippen LogP contribution in [-0.4, -0.2) is 125 Å². The van der Waals surface area contributed by atoms with Crippen molar-refractivity contribution in [3.8, 4) is 11.6 Å². The van der Waals surface area contributed by atoms with E-state index < -0.39 is 23.4 Å². The number of piperidine rings is 2. The van der Waals surface area contributed by atoms with Crippen molar-refractivity contribution in [1.82, 2.24) is 44.3 Å². The maximum absolute atomic E-state index is 15.5. The highest BCUT2D eigenvalue weighted by atomic mass is 19.1. The number of anilines is 3. The summed E-state index contributed by atoms with van der Waals surface area (Å²) in [4.78, 5) is 74.0. The monoisotopic (exact) mass is 923 g/mol. The van der Waals surface area contributed by atoms with Crippen LogP contribution in [0.2, 0.25) is 0 Å². The zero-order chi connectivity index (χ0) is 46.6. The van der Waals surface area contributed by atoms with Gasteiger partial charge in [0.05, 0.1) is 17.9 Å². The first kappa shape index (κ1) is 42.8. The Labute approximate surface area is 391 Å². The molecule has 3 N–H and O–H groups in total. The van der Waals surface area contributed by atoms with Gasteiger partial charge in [0.1, 0.15) is 34.2 Å². The highest BCUT2D eigenvalue weighted by Gasteiger charge is 2.48. The summed E-state index contributed by atoms with van der Waals surface area (Å²) in [5, 5.41) is 17.4. The van der Waals surface area contributed by atoms with Crippen molar-refractivity contribution in [1.29, 1.82) is 0 Å². The first-order valence-electron chi connectivity index (χ1n) is 24.0. The number of hydrogen-bond donors (Lipinski definition) is 3. The van der Waals surface area contributed by atoms with Gasteiger partial charge in [-0.25, -0.2) is 23.7 Å². The van der Waals surface area contributed by atoms with E-state index in [0.717, 1.165) is 80.8 Å². The number of nitrogens with one attached hydrogen (secondary N) is 2. The zero-order valence-corrected chi connectivity index (χ0v) is 38.0. The van der Waals surface area contributed by atoms with Crippen LogP contribution in [0.15, 0.2) is 66.1 Å². The normalized spacial score (nSPS) is 25.2. The van der Waals surface area contributed by atoms with Crippen LogP contribution in [-0.2, 0) is 41.1 Å². The van der Waals surface area contributed by atoms with Gasteiger partial charge in [0.2, 0.25) is 17.8 Å². The molecule has 3 aromatic heterocycles. The number of aryl methyl sites for hydroxylation is 1. The molecule has 352 valence electrons. The van der Waals surface area contributed by atoms with E-state index >= 15 is 4.39 Å². The zero-order valence-electron chi connectivity index (χ0n) is 38.0. The van der Waals surface area contributed by atoms with Crippen LogP contribution in [0.25, 0.3) is 16.9 Å². The molecule has 2 aromatic carbocycles. The first-order chi connectivity index (χ1) is 32.9. The van der Waals surface area contributed by atoms with E-state index in [2.05, 4.69) is 38.1 Å². The molecule has 4 fully saturated rings. The number of amides is 3. The predicted molar refractivity (Wildman–Crippen MR) is 250 cm³/mol. The Morgan fingerprint density at radius 2 is 1.79 bits per heavy atom. The highest BCUT2D eigenvalue weighted by Crippen LogP contribution is 2.44. The van der Waals surface area contributed by atoms with E-state index in [0.29, 0.717) is 77.8 Å². The van der Waals surface area contributed by atoms with E-state index in [1.54, 1.807) is 27.7 Å². The molecule has 1 aliphatic carbocycles. The SMILES string of the molecule is C=CCn1c(=O)c2cnc(Nc3ccc4c(c3)CC3(CCN(C5CCN(C6CN(c7cc8c(cc7F)C(=O)N(C7CCC(=O)NC7=O)C8)C6)CC5)C3)O4)nc2n1-c1ccc2c(n1)[C@@](O)(CC)CC2. The van der Waals surface area contributed by atoms with Gasteiger partial charge in [-0.2, -0.15) is 4.98 Å². The molecule has 3 amide bonds. The molecule has 17 nitrogen and oxygen atoms in total. The Kier molecular flexibility index (Phi) is 10.1. The standard InChI is InChI=1S/C50H54FN11O6/c1-3-16-61-47(66)36-24-52-48(56-44(36)62(61)41-9-5-29-11-14-50(67,4-2)43(29)54-41)53-32-6-8-40-30(20-32)23-49(68-40)15-19-58(28-49)33-12-17-57(18-13-33)34-26-59(27-34)39-21-31-25-60(46(65)35(31)22-37(39)51)38-7-10-42(63)55-45(38)64/h3,5-6,8-9,20-22,24,33-34,38,67H,1,4,7,10-19,23,25-28H2,2H3,(H,52,53,56)(H,55,63,64)/t38?,49?,50-/m1/s1. The average Bonchev–Trinajstić information content (AvgIpc) is 4.12. The molecule has 0 bridgehead atoms. The summed E-state index contributed by atoms with van der Waals surface area (Å²) >= 11 is 0. The van der Waals surface area contributed by atoms with Gasteiger partial charge < -0.3 is 25.0 Å². The number of fused-ring (bicyclic) bond motifs is 4. The topological polar surface area (TPSA) is 183 Å². The highest BCUT2D eigenvalue weighted by molar-refractivity contribution is 6.05. The molecule has 68 heavy (non-hydrogen) atoms. The van der Waals surface area contributed by atoms with E-state index in [1.165, 1.54) is 11.0 Å². The number of imide groups is 1. The Morgan fingerprint density at radius 1 is 0.956 bits per heavy atom. The van der Waals surface area contributed by atoms with Crippen molar-refractivity contribution in [3.05, 3.63) is 105 Å². The van der Waals surface area contributed by atoms with Crippen molar-refractivity contribution in [3.63, 3.8) is 0 Å². The average molecular weight is 924 g/mol. The number of nitrogens with zero attached hydrogens (tertiary/aromatic N) is 9. The Hall–Kier alpha value is -6.50. The molecule has 2 unspecified atom stereocenters. The lowest BCUT2D eigenvalue weighted by molar-refractivity contribution is -0.136. The minimum atomic E-state index is -1.01. The van der Waals surface area contributed by atoms with Crippen LogP contribution < -0.4 is 25.8 Å². The smallest absolute Gasteiger partial charge is 0.278 e. The minimum absolute atomic E-state index is 0.173. The molecule has 0 radical (unpaired) electrons. The number of carbonyl (C=O) groups is 3. The lowest BCUT2D eigenvalue weighted by atomic mass is 9.95. The second kappa shape index (κ2) is 16.1. The Morgan fingerprint density at radius 3 is 2.59 bits per heavy atom. The molecule has 18 heteroatoms. The second-order valence-corrected chi connectivity index (χ2v) is 19.8. The van der Waals surface area contributed by atoms with Gasteiger partial charge in [-0.3, -0.25) is 34.3 Å².